The molecule has 4 rings (SSSR count). The Balaban J connectivity index is 1.36. The van der Waals surface area contributed by atoms with Gasteiger partial charge in [0.25, 0.3) is 0 Å². The van der Waals surface area contributed by atoms with Crippen molar-refractivity contribution in [2.75, 3.05) is 17.2 Å². The lowest BCUT2D eigenvalue weighted by atomic mass is 9.89. The SMILES string of the molecule is CCOC(=O)c1c(NC(=O)C(C)Sc2nnc(NC(=O)C3CCCCC3)s2)sc2c1CCC2. The van der Waals surface area contributed by atoms with Gasteiger partial charge in [0, 0.05) is 10.8 Å². The Labute approximate surface area is 205 Å². The number of thiophene rings is 1. The van der Waals surface area contributed by atoms with Gasteiger partial charge in [-0.3, -0.25) is 9.59 Å². The molecule has 1 saturated carbocycles. The van der Waals surface area contributed by atoms with E-state index in [4.69, 9.17) is 4.74 Å². The summed E-state index contributed by atoms with van der Waals surface area (Å²) in [6.45, 7) is 3.85. The van der Waals surface area contributed by atoms with E-state index in [1.54, 1.807) is 13.8 Å². The molecule has 1 fully saturated rings. The molecule has 1 unspecified atom stereocenters. The van der Waals surface area contributed by atoms with Crippen LogP contribution < -0.4 is 10.6 Å². The molecule has 33 heavy (non-hydrogen) atoms. The van der Waals surface area contributed by atoms with Gasteiger partial charge in [-0.1, -0.05) is 42.4 Å². The molecule has 1 atom stereocenters. The molecule has 2 aromatic rings. The Morgan fingerprint density at radius 2 is 1.88 bits per heavy atom. The summed E-state index contributed by atoms with van der Waals surface area (Å²) in [5, 5.41) is 14.5. The zero-order valence-corrected chi connectivity index (χ0v) is 21.2. The summed E-state index contributed by atoms with van der Waals surface area (Å²) in [6, 6.07) is 0. The smallest absolute Gasteiger partial charge is 0.341 e. The van der Waals surface area contributed by atoms with Crippen LogP contribution in [-0.4, -0.2) is 39.8 Å². The van der Waals surface area contributed by atoms with Gasteiger partial charge >= 0.3 is 5.97 Å². The highest BCUT2D eigenvalue weighted by Gasteiger charge is 2.29. The Morgan fingerprint density at radius 3 is 2.64 bits per heavy atom. The third kappa shape index (κ3) is 5.75. The van der Waals surface area contributed by atoms with Crippen molar-refractivity contribution in [1.82, 2.24) is 10.2 Å². The molecule has 0 aromatic carbocycles. The predicted octanol–water partition coefficient (Wildman–Crippen LogP) is 4.90. The van der Waals surface area contributed by atoms with E-state index in [2.05, 4.69) is 20.8 Å². The second kappa shape index (κ2) is 11.0. The third-order valence-electron chi connectivity index (χ3n) is 5.90. The maximum atomic E-state index is 12.9. The molecule has 2 aliphatic carbocycles. The van der Waals surface area contributed by atoms with E-state index in [9.17, 15) is 14.4 Å². The first kappa shape index (κ1) is 24.2. The molecular formula is C22H28N4O4S3. The van der Waals surface area contributed by atoms with E-state index >= 15 is 0 Å². The van der Waals surface area contributed by atoms with Crippen LogP contribution in [0.25, 0.3) is 0 Å². The van der Waals surface area contributed by atoms with E-state index in [1.165, 1.54) is 40.9 Å². The molecule has 2 aromatic heterocycles. The largest absolute Gasteiger partial charge is 0.462 e. The first-order chi connectivity index (χ1) is 16.0. The van der Waals surface area contributed by atoms with Crippen molar-refractivity contribution in [1.29, 1.82) is 0 Å². The molecule has 0 bridgehead atoms. The van der Waals surface area contributed by atoms with Crippen molar-refractivity contribution in [3.8, 4) is 0 Å². The van der Waals surface area contributed by atoms with Gasteiger partial charge in [-0.25, -0.2) is 4.79 Å². The van der Waals surface area contributed by atoms with Crippen molar-refractivity contribution in [2.24, 2.45) is 5.92 Å². The fourth-order valence-electron chi connectivity index (χ4n) is 4.21. The van der Waals surface area contributed by atoms with Crippen LogP contribution in [0.15, 0.2) is 4.34 Å². The van der Waals surface area contributed by atoms with Crippen LogP contribution in [-0.2, 0) is 27.2 Å². The van der Waals surface area contributed by atoms with Gasteiger partial charge in [-0.2, -0.15) is 0 Å². The zero-order valence-electron chi connectivity index (χ0n) is 18.8. The summed E-state index contributed by atoms with van der Waals surface area (Å²) in [5.41, 5.74) is 1.51. The monoisotopic (exact) mass is 508 g/mol. The van der Waals surface area contributed by atoms with Gasteiger partial charge in [0.15, 0.2) is 4.34 Å². The highest BCUT2D eigenvalue weighted by atomic mass is 32.2. The number of hydrogen-bond acceptors (Lipinski definition) is 9. The number of fused-ring (bicyclic) bond motifs is 1. The standard InChI is InChI=1S/C22H28N4O4S3/c1-3-30-20(29)16-14-10-7-11-15(14)32-19(16)23-17(27)12(2)31-22-26-25-21(33-22)24-18(28)13-8-5-4-6-9-13/h12-13H,3-11H2,1-2H3,(H,23,27)(H,24,25,28). The molecule has 0 aliphatic heterocycles. The average Bonchev–Trinajstić information content (AvgIpc) is 3.51. The maximum absolute atomic E-state index is 12.9. The molecule has 0 spiro atoms. The van der Waals surface area contributed by atoms with E-state index in [0.717, 1.165) is 55.4 Å². The summed E-state index contributed by atoms with van der Waals surface area (Å²) in [7, 11) is 0. The Kier molecular flexibility index (Phi) is 8.02. The minimum atomic E-state index is -0.452. The van der Waals surface area contributed by atoms with Crippen molar-refractivity contribution < 1.29 is 19.1 Å². The number of carbonyl (C=O) groups is 3. The number of hydrogen-bond donors (Lipinski definition) is 2. The summed E-state index contributed by atoms with van der Waals surface area (Å²) in [5.74, 6) is -0.543. The first-order valence-electron chi connectivity index (χ1n) is 11.4. The van der Waals surface area contributed by atoms with Crippen molar-refractivity contribution >= 4 is 62.4 Å². The minimum Gasteiger partial charge on any atom is -0.462 e. The predicted molar refractivity (Wildman–Crippen MR) is 131 cm³/mol. The summed E-state index contributed by atoms with van der Waals surface area (Å²) in [6.07, 6.45) is 7.99. The van der Waals surface area contributed by atoms with Gasteiger partial charge in [-0.05, 0) is 51.5 Å². The topological polar surface area (TPSA) is 110 Å². The molecule has 0 saturated heterocycles. The van der Waals surface area contributed by atoms with Crippen LogP contribution in [0.3, 0.4) is 0 Å². The third-order valence-corrected chi connectivity index (χ3v) is 9.13. The zero-order chi connectivity index (χ0) is 23.4. The number of esters is 1. The number of rotatable bonds is 8. The number of amides is 2. The number of anilines is 2. The van der Waals surface area contributed by atoms with Gasteiger partial charge in [0.2, 0.25) is 16.9 Å². The molecule has 178 valence electrons. The molecule has 0 radical (unpaired) electrons. The summed E-state index contributed by atoms with van der Waals surface area (Å²) < 4.78 is 5.84. The summed E-state index contributed by atoms with van der Waals surface area (Å²) in [4.78, 5) is 39.0. The van der Waals surface area contributed by atoms with E-state index in [-0.39, 0.29) is 23.7 Å². The lowest BCUT2D eigenvalue weighted by Crippen LogP contribution is -2.24. The van der Waals surface area contributed by atoms with E-state index in [1.807, 2.05) is 0 Å². The van der Waals surface area contributed by atoms with Crippen molar-refractivity contribution in [3.05, 3.63) is 16.0 Å². The van der Waals surface area contributed by atoms with E-state index in [0.29, 0.717) is 26.6 Å². The second-order valence-corrected chi connectivity index (χ2v) is 11.9. The highest BCUT2D eigenvalue weighted by Crippen LogP contribution is 2.40. The molecule has 11 heteroatoms. The first-order valence-corrected chi connectivity index (χ1v) is 13.9. The lowest BCUT2D eigenvalue weighted by molar-refractivity contribution is -0.120. The van der Waals surface area contributed by atoms with Crippen molar-refractivity contribution in [2.45, 2.75) is 74.8 Å². The number of aryl methyl sites for hydroxylation is 1. The average molecular weight is 509 g/mol. The Bertz CT molecular complexity index is 1030. The van der Waals surface area contributed by atoms with Crippen molar-refractivity contribution in [3.63, 3.8) is 0 Å². The maximum Gasteiger partial charge on any atom is 0.341 e. The summed E-state index contributed by atoms with van der Waals surface area (Å²) >= 11 is 4.01. The number of ether oxygens (including phenoxy) is 1. The van der Waals surface area contributed by atoms with E-state index < -0.39 is 5.25 Å². The van der Waals surface area contributed by atoms with Crippen LogP contribution in [0.1, 0.15) is 73.2 Å². The normalized spacial score (nSPS) is 16.8. The number of aromatic nitrogens is 2. The molecule has 2 N–H and O–H groups in total. The second-order valence-electron chi connectivity index (χ2n) is 8.23. The van der Waals surface area contributed by atoms with Crippen LogP contribution in [0, 0.1) is 5.92 Å². The number of thioether (sulfide) groups is 1. The minimum absolute atomic E-state index is 0.00503. The molecular weight excluding hydrogens is 480 g/mol. The highest BCUT2D eigenvalue weighted by molar-refractivity contribution is 8.02. The van der Waals surface area contributed by atoms with Gasteiger partial charge < -0.3 is 15.4 Å². The Hall–Kier alpha value is -1.98. The fourth-order valence-corrected chi connectivity index (χ4v) is 7.39. The van der Waals surface area contributed by atoms with Gasteiger partial charge in [0.1, 0.15) is 5.00 Å². The van der Waals surface area contributed by atoms with Crippen LogP contribution in [0.5, 0.6) is 0 Å². The van der Waals surface area contributed by atoms with Crippen LogP contribution >= 0.6 is 34.4 Å². The molecule has 2 aliphatic rings. The quantitative estimate of drug-likeness (QED) is 0.296. The molecule has 2 heterocycles. The van der Waals surface area contributed by atoms with Gasteiger partial charge in [0.05, 0.1) is 17.4 Å². The number of carbonyl (C=O) groups excluding carboxylic acids is 3. The molecule has 2 amide bonds. The van der Waals surface area contributed by atoms with Crippen LogP contribution in [0.2, 0.25) is 0 Å². The fraction of sp³-hybridized carbons (Fsp3) is 0.591. The molecule has 8 nitrogen and oxygen atoms in total. The Morgan fingerprint density at radius 1 is 1.09 bits per heavy atom. The lowest BCUT2D eigenvalue weighted by Gasteiger charge is -2.19. The number of nitrogens with one attached hydrogen (secondary N) is 2. The van der Waals surface area contributed by atoms with Crippen LogP contribution in [0.4, 0.5) is 10.1 Å². The van der Waals surface area contributed by atoms with Gasteiger partial charge in [-0.15, -0.1) is 21.5 Å². The number of nitrogens with zero attached hydrogens (tertiary/aromatic N) is 2.